The molecule has 2 aromatic rings. The minimum atomic E-state index is -0.530. The summed E-state index contributed by atoms with van der Waals surface area (Å²) in [5, 5.41) is 3.15. The van der Waals surface area contributed by atoms with Gasteiger partial charge in [0.2, 0.25) is 5.91 Å². The van der Waals surface area contributed by atoms with Crippen molar-refractivity contribution in [2.75, 3.05) is 26.2 Å². The van der Waals surface area contributed by atoms with Crippen molar-refractivity contribution < 1.29 is 14.3 Å². The van der Waals surface area contributed by atoms with Crippen LogP contribution in [-0.2, 0) is 20.7 Å². The van der Waals surface area contributed by atoms with E-state index in [0.717, 1.165) is 42.4 Å². The Bertz CT molecular complexity index is 933. The highest BCUT2D eigenvalue weighted by Crippen LogP contribution is 2.38. The standard InChI is InChI=1S/C27H35N3O3/c1-2-14-29-26(32)27(12-16-30(17-13-27)25(31)24-11-5-6-18-33-24)19-21-8-3-4-10-23(21)22-9-7-15-28-20-22/h3-4,7-10,15,20,24H,2,5-6,11-14,16-19H2,1H3,(H,29,32)/t24-/m0/s1. The minimum Gasteiger partial charge on any atom is -0.368 e. The molecule has 2 aliphatic rings. The zero-order chi connectivity index (χ0) is 23.1. The van der Waals surface area contributed by atoms with Crippen LogP contribution < -0.4 is 5.32 Å². The molecule has 1 atom stereocenters. The molecule has 1 N–H and O–H groups in total. The third-order valence-electron chi connectivity index (χ3n) is 7.02. The van der Waals surface area contributed by atoms with E-state index in [1.165, 1.54) is 0 Å². The van der Waals surface area contributed by atoms with E-state index in [1.807, 2.05) is 29.3 Å². The van der Waals surface area contributed by atoms with Gasteiger partial charge in [-0.2, -0.15) is 0 Å². The van der Waals surface area contributed by atoms with Crippen molar-refractivity contribution in [2.45, 2.75) is 58.0 Å². The average molecular weight is 450 g/mol. The first-order valence-electron chi connectivity index (χ1n) is 12.3. The van der Waals surface area contributed by atoms with Crippen LogP contribution in [0.2, 0.25) is 0 Å². The van der Waals surface area contributed by atoms with Crippen LogP contribution in [0.1, 0.15) is 51.0 Å². The lowest BCUT2D eigenvalue weighted by Crippen LogP contribution is -2.53. The summed E-state index contributed by atoms with van der Waals surface area (Å²) in [5.41, 5.74) is 2.78. The van der Waals surface area contributed by atoms with Gasteiger partial charge in [0.05, 0.1) is 5.41 Å². The van der Waals surface area contributed by atoms with Crippen molar-refractivity contribution in [3.8, 4) is 11.1 Å². The molecule has 0 aliphatic carbocycles. The first-order valence-corrected chi connectivity index (χ1v) is 12.3. The first-order chi connectivity index (χ1) is 16.1. The number of likely N-dealkylation sites (tertiary alicyclic amines) is 1. The monoisotopic (exact) mass is 449 g/mol. The molecule has 0 unspecified atom stereocenters. The number of rotatable bonds is 7. The average Bonchev–Trinajstić information content (AvgIpc) is 2.88. The summed E-state index contributed by atoms with van der Waals surface area (Å²) in [7, 11) is 0. The van der Waals surface area contributed by atoms with Crippen molar-refractivity contribution in [2.24, 2.45) is 5.41 Å². The maximum absolute atomic E-state index is 13.5. The normalized spacial score (nSPS) is 20.3. The third-order valence-corrected chi connectivity index (χ3v) is 7.02. The van der Waals surface area contributed by atoms with E-state index in [-0.39, 0.29) is 17.9 Å². The van der Waals surface area contributed by atoms with Crippen molar-refractivity contribution in [1.82, 2.24) is 15.2 Å². The van der Waals surface area contributed by atoms with E-state index in [9.17, 15) is 9.59 Å². The quantitative estimate of drug-likeness (QED) is 0.694. The maximum Gasteiger partial charge on any atom is 0.251 e. The lowest BCUT2D eigenvalue weighted by molar-refractivity contribution is -0.151. The molecule has 2 aliphatic heterocycles. The zero-order valence-corrected chi connectivity index (χ0v) is 19.6. The summed E-state index contributed by atoms with van der Waals surface area (Å²) in [6, 6.07) is 12.3. The molecular formula is C27H35N3O3. The van der Waals surface area contributed by atoms with Crippen LogP contribution in [0.4, 0.5) is 0 Å². The Morgan fingerprint density at radius 1 is 1.15 bits per heavy atom. The molecule has 2 amide bonds. The van der Waals surface area contributed by atoms with Crippen molar-refractivity contribution in [1.29, 1.82) is 0 Å². The van der Waals surface area contributed by atoms with Gasteiger partial charge in [-0.25, -0.2) is 0 Å². The Hall–Kier alpha value is -2.73. The van der Waals surface area contributed by atoms with Crippen molar-refractivity contribution in [3.63, 3.8) is 0 Å². The number of hydrogen-bond donors (Lipinski definition) is 1. The molecule has 6 heteroatoms. The Balaban J connectivity index is 1.55. The Morgan fingerprint density at radius 3 is 2.67 bits per heavy atom. The number of hydrogen-bond acceptors (Lipinski definition) is 4. The van der Waals surface area contributed by atoms with Crippen molar-refractivity contribution >= 4 is 11.8 Å². The molecule has 176 valence electrons. The second kappa shape index (κ2) is 10.9. The smallest absolute Gasteiger partial charge is 0.251 e. The summed E-state index contributed by atoms with van der Waals surface area (Å²) in [4.78, 5) is 32.6. The highest BCUT2D eigenvalue weighted by Gasteiger charge is 2.43. The van der Waals surface area contributed by atoms with E-state index in [0.29, 0.717) is 45.5 Å². The van der Waals surface area contributed by atoms with E-state index in [1.54, 1.807) is 6.20 Å². The highest BCUT2D eigenvalue weighted by molar-refractivity contribution is 5.85. The largest absolute Gasteiger partial charge is 0.368 e. The number of benzene rings is 1. The number of carbonyl (C=O) groups is 2. The number of piperidine rings is 1. The van der Waals surface area contributed by atoms with E-state index in [2.05, 4.69) is 35.4 Å². The Morgan fingerprint density at radius 2 is 1.97 bits per heavy atom. The molecule has 0 bridgehead atoms. The summed E-state index contributed by atoms with van der Waals surface area (Å²) < 4.78 is 5.73. The van der Waals surface area contributed by atoms with Crippen LogP contribution in [0, 0.1) is 5.41 Å². The molecule has 3 heterocycles. The number of pyridine rings is 1. The van der Waals surface area contributed by atoms with Crippen LogP contribution in [0.3, 0.4) is 0 Å². The fraction of sp³-hybridized carbons (Fsp3) is 0.519. The van der Waals surface area contributed by atoms with Gasteiger partial charge in [0.15, 0.2) is 0 Å². The second-order valence-corrected chi connectivity index (χ2v) is 9.29. The number of amides is 2. The number of nitrogens with one attached hydrogen (secondary N) is 1. The number of carbonyl (C=O) groups excluding carboxylic acids is 2. The molecule has 0 radical (unpaired) electrons. The second-order valence-electron chi connectivity index (χ2n) is 9.29. The van der Waals surface area contributed by atoms with Crippen LogP contribution in [0.15, 0.2) is 48.8 Å². The van der Waals surface area contributed by atoms with Gasteiger partial charge in [-0.1, -0.05) is 37.3 Å². The van der Waals surface area contributed by atoms with Gasteiger partial charge in [-0.05, 0) is 62.1 Å². The predicted molar refractivity (Wildman–Crippen MR) is 129 cm³/mol. The van der Waals surface area contributed by atoms with E-state index < -0.39 is 5.41 Å². The maximum atomic E-state index is 13.5. The van der Waals surface area contributed by atoms with Crippen molar-refractivity contribution in [3.05, 3.63) is 54.4 Å². The fourth-order valence-electron chi connectivity index (χ4n) is 5.05. The highest BCUT2D eigenvalue weighted by atomic mass is 16.5. The summed E-state index contributed by atoms with van der Waals surface area (Å²) in [6.45, 7) is 4.58. The molecule has 0 spiro atoms. The lowest BCUT2D eigenvalue weighted by atomic mass is 9.72. The van der Waals surface area contributed by atoms with Crippen LogP contribution in [0.25, 0.3) is 11.1 Å². The fourth-order valence-corrected chi connectivity index (χ4v) is 5.05. The van der Waals surface area contributed by atoms with Gasteiger partial charge < -0.3 is 15.0 Å². The zero-order valence-electron chi connectivity index (χ0n) is 19.6. The predicted octanol–water partition coefficient (Wildman–Crippen LogP) is 4.00. The Labute approximate surface area is 196 Å². The van der Waals surface area contributed by atoms with Gasteiger partial charge in [-0.3, -0.25) is 14.6 Å². The van der Waals surface area contributed by atoms with Gasteiger partial charge >= 0.3 is 0 Å². The van der Waals surface area contributed by atoms with Crippen LogP contribution >= 0.6 is 0 Å². The molecule has 2 saturated heterocycles. The third kappa shape index (κ3) is 5.44. The van der Waals surface area contributed by atoms with Gasteiger partial charge in [0, 0.05) is 44.2 Å². The van der Waals surface area contributed by atoms with Gasteiger partial charge in [0.25, 0.3) is 5.91 Å². The molecule has 1 aromatic heterocycles. The molecule has 33 heavy (non-hydrogen) atoms. The number of aromatic nitrogens is 1. The summed E-state index contributed by atoms with van der Waals surface area (Å²) >= 11 is 0. The molecule has 1 aromatic carbocycles. The molecular weight excluding hydrogens is 414 g/mol. The number of nitrogens with zero attached hydrogens (tertiary/aromatic N) is 2. The minimum absolute atomic E-state index is 0.0908. The molecule has 0 saturated carbocycles. The molecule has 6 nitrogen and oxygen atoms in total. The topological polar surface area (TPSA) is 71.5 Å². The van der Waals surface area contributed by atoms with Crippen LogP contribution in [0.5, 0.6) is 0 Å². The van der Waals surface area contributed by atoms with Gasteiger partial charge in [-0.15, -0.1) is 0 Å². The van der Waals surface area contributed by atoms with E-state index in [4.69, 9.17) is 4.74 Å². The Kier molecular flexibility index (Phi) is 7.76. The molecule has 4 rings (SSSR count). The number of ether oxygens (including phenoxy) is 1. The van der Waals surface area contributed by atoms with E-state index >= 15 is 0 Å². The SMILES string of the molecule is CCCNC(=O)C1(Cc2ccccc2-c2cccnc2)CCN(C(=O)[C@@H]2CCCCO2)CC1. The van der Waals surface area contributed by atoms with Crippen LogP contribution in [-0.4, -0.2) is 54.0 Å². The summed E-state index contributed by atoms with van der Waals surface area (Å²) in [6.07, 6.45) is 9.06. The first kappa shape index (κ1) is 23.4. The molecule has 2 fully saturated rings. The van der Waals surface area contributed by atoms with Gasteiger partial charge in [0.1, 0.15) is 6.10 Å². The lowest BCUT2D eigenvalue weighted by Gasteiger charge is -2.42. The summed E-state index contributed by atoms with van der Waals surface area (Å²) in [5.74, 6) is 0.194.